The van der Waals surface area contributed by atoms with E-state index in [1.165, 1.54) is 21.9 Å². The molecule has 2 aromatic carbocycles. The molecule has 0 bridgehead atoms. The van der Waals surface area contributed by atoms with Crippen LogP contribution >= 0.6 is 0 Å². The molecular formula is C17H17NO2. The molecule has 1 unspecified atom stereocenters. The number of aryl methyl sites for hydroxylation is 1. The van der Waals surface area contributed by atoms with E-state index in [2.05, 4.69) is 35.8 Å². The molecule has 1 aliphatic carbocycles. The fourth-order valence-electron chi connectivity index (χ4n) is 3.48. The Hall–Kier alpha value is -1.84. The summed E-state index contributed by atoms with van der Waals surface area (Å²) in [6, 6.07) is 10.6. The van der Waals surface area contributed by atoms with Gasteiger partial charge in [-0.3, -0.25) is 0 Å². The van der Waals surface area contributed by atoms with Gasteiger partial charge in [0.2, 0.25) is 0 Å². The zero-order chi connectivity index (χ0) is 13.9. The van der Waals surface area contributed by atoms with Crippen LogP contribution < -0.4 is 0 Å². The van der Waals surface area contributed by atoms with Crippen molar-refractivity contribution in [1.29, 1.82) is 0 Å². The SMILES string of the molecule is COCn1c2ccccc2c2c3c(c(C)cc21)CC3O. The third-order valence-corrected chi connectivity index (χ3v) is 4.42. The fourth-order valence-corrected chi connectivity index (χ4v) is 3.48. The third kappa shape index (κ3) is 1.37. The van der Waals surface area contributed by atoms with Gasteiger partial charge < -0.3 is 14.4 Å². The topological polar surface area (TPSA) is 34.4 Å². The number of aliphatic hydroxyl groups is 1. The minimum Gasteiger partial charge on any atom is -0.388 e. The fraction of sp³-hybridized carbons (Fsp3) is 0.294. The first-order valence-corrected chi connectivity index (χ1v) is 6.92. The number of rotatable bonds is 2. The number of nitrogens with zero attached hydrogens (tertiary/aromatic N) is 1. The van der Waals surface area contributed by atoms with Crippen LogP contribution in [-0.4, -0.2) is 16.8 Å². The second-order valence-corrected chi connectivity index (χ2v) is 5.56. The van der Waals surface area contributed by atoms with Crippen molar-refractivity contribution in [3.63, 3.8) is 0 Å². The van der Waals surface area contributed by atoms with Gasteiger partial charge in [-0.05, 0) is 35.7 Å². The summed E-state index contributed by atoms with van der Waals surface area (Å²) in [6.07, 6.45) is 0.454. The van der Waals surface area contributed by atoms with Gasteiger partial charge in [0.05, 0.1) is 17.1 Å². The van der Waals surface area contributed by atoms with Gasteiger partial charge in [-0.25, -0.2) is 0 Å². The van der Waals surface area contributed by atoms with E-state index >= 15 is 0 Å². The van der Waals surface area contributed by atoms with Crippen molar-refractivity contribution in [2.75, 3.05) is 7.11 Å². The number of aliphatic hydroxyl groups excluding tert-OH is 1. The summed E-state index contributed by atoms with van der Waals surface area (Å²) in [5.41, 5.74) is 6.01. The maximum absolute atomic E-state index is 10.2. The summed E-state index contributed by atoms with van der Waals surface area (Å²) in [6.45, 7) is 2.65. The number of benzene rings is 2. The van der Waals surface area contributed by atoms with E-state index in [1.807, 2.05) is 6.07 Å². The number of para-hydroxylation sites is 1. The van der Waals surface area contributed by atoms with E-state index in [-0.39, 0.29) is 6.10 Å². The lowest BCUT2D eigenvalue weighted by Gasteiger charge is -2.29. The highest BCUT2D eigenvalue weighted by Crippen LogP contribution is 2.44. The standard InChI is InChI=1S/C17H17NO2/c1-10-7-14-16(17-12(10)8-15(17)19)11-5-3-4-6-13(11)18(14)9-20-2/h3-7,15,19H,8-9H2,1-2H3. The van der Waals surface area contributed by atoms with Crippen molar-refractivity contribution in [3.8, 4) is 0 Å². The zero-order valence-corrected chi connectivity index (χ0v) is 11.7. The van der Waals surface area contributed by atoms with Crippen molar-refractivity contribution < 1.29 is 9.84 Å². The van der Waals surface area contributed by atoms with Gasteiger partial charge in [-0.2, -0.15) is 0 Å². The van der Waals surface area contributed by atoms with E-state index < -0.39 is 0 Å². The molecule has 1 heterocycles. The Bertz CT molecular complexity index is 832. The third-order valence-electron chi connectivity index (χ3n) is 4.42. The van der Waals surface area contributed by atoms with Crippen LogP contribution in [0.5, 0.6) is 0 Å². The first-order chi connectivity index (χ1) is 9.72. The van der Waals surface area contributed by atoms with Crippen LogP contribution in [0.4, 0.5) is 0 Å². The van der Waals surface area contributed by atoms with E-state index in [0.717, 1.165) is 23.0 Å². The van der Waals surface area contributed by atoms with Crippen LogP contribution in [0.25, 0.3) is 21.8 Å². The molecule has 1 aliphatic rings. The largest absolute Gasteiger partial charge is 0.388 e. The second-order valence-electron chi connectivity index (χ2n) is 5.56. The molecular weight excluding hydrogens is 250 g/mol. The highest BCUT2D eigenvalue weighted by Gasteiger charge is 2.30. The highest BCUT2D eigenvalue weighted by molar-refractivity contribution is 6.11. The number of ether oxygens (including phenoxy) is 1. The smallest absolute Gasteiger partial charge is 0.123 e. The first kappa shape index (κ1) is 11.9. The lowest BCUT2D eigenvalue weighted by molar-refractivity contribution is 0.138. The predicted molar refractivity (Wildman–Crippen MR) is 79.9 cm³/mol. The molecule has 0 aliphatic heterocycles. The summed E-state index contributed by atoms with van der Waals surface area (Å²) >= 11 is 0. The first-order valence-electron chi connectivity index (χ1n) is 6.92. The number of hydrogen-bond donors (Lipinski definition) is 1. The molecule has 0 radical (unpaired) electrons. The molecule has 3 nitrogen and oxygen atoms in total. The molecule has 0 saturated carbocycles. The molecule has 3 heteroatoms. The van der Waals surface area contributed by atoms with Gasteiger partial charge in [-0.1, -0.05) is 18.2 Å². The summed E-state index contributed by atoms with van der Waals surface area (Å²) < 4.78 is 7.54. The number of aromatic nitrogens is 1. The lowest BCUT2D eigenvalue weighted by atomic mass is 9.79. The normalized spacial score (nSPS) is 17.4. The maximum Gasteiger partial charge on any atom is 0.123 e. The quantitative estimate of drug-likeness (QED) is 0.773. The van der Waals surface area contributed by atoms with E-state index in [1.54, 1.807) is 7.11 Å². The number of hydrogen-bond acceptors (Lipinski definition) is 2. The molecule has 1 aromatic heterocycles. The van der Waals surface area contributed by atoms with Crippen LogP contribution in [0.3, 0.4) is 0 Å². The Kier molecular flexibility index (Phi) is 2.43. The van der Waals surface area contributed by atoms with Crippen LogP contribution in [0, 0.1) is 6.92 Å². The zero-order valence-electron chi connectivity index (χ0n) is 11.7. The van der Waals surface area contributed by atoms with Gasteiger partial charge in [0.15, 0.2) is 0 Å². The summed E-state index contributed by atoms with van der Waals surface area (Å²) in [7, 11) is 1.71. The van der Waals surface area contributed by atoms with E-state index in [0.29, 0.717) is 6.73 Å². The van der Waals surface area contributed by atoms with Gasteiger partial charge >= 0.3 is 0 Å². The Morgan fingerprint density at radius 1 is 1.30 bits per heavy atom. The Balaban J connectivity index is 2.22. The van der Waals surface area contributed by atoms with E-state index in [4.69, 9.17) is 4.74 Å². The van der Waals surface area contributed by atoms with Crippen molar-refractivity contribution in [1.82, 2.24) is 4.57 Å². The molecule has 102 valence electrons. The summed E-state index contributed by atoms with van der Waals surface area (Å²) in [5, 5.41) is 12.6. The van der Waals surface area contributed by atoms with Crippen molar-refractivity contribution in [2.45, 2.75) is 26.2 Å². The Labute approximate surface area is 117 Å². The molecule has 0 saturated heterocycles. The molecule has 20 heavy (non-hydrogen) atoms. The summed E-state index contributed by atoms with van der Waals surface area (Å²) in [5.74, 6) is 0. The van der Waals surface area contributed by atoms with Gasteiger partial charge in [-0.15, -0.1) is 0 Å². The van der Waals surface area contributed by atoms with E-state index in [9.17, 15) is 5.11 Å². The molecule has 0 fully saturated rings. The van der Waals surface area contributed by atoms with Crippen LogP contribution in [0.1, 0.15) is 22.8 Å². The van der Waals surface area contributed by atoms with Crippen LogP contribution in [0.2, 0.25) is 0 Å². The Morgan fingerprint density at radius 2 is 2.10 bits per heavy atom. The van der Waals surface area contributed by atoms with Crippen molar-refractivity contribution in [3.05, 3.63) is 47.0 Å². The average molecular weight is 267 g/mol. The highest BCUT2D eigenvalue weighted by atomic mass is 16.5. The molecule has 1 atom stereocenters. The van der Waals surface area contributed by atoms with Crippen LogP contribution in [-0.2, 0) is 17.9 Å². The lowest BCUT2D eigenvalue weighted by Crippen LogP contribution is -2.18. The van der Waals surface area contributed by atoms with Gasteiger partial charge in [0.1, 0.15) is 6.73 Å². The molecule has 1 N–H and O–H groups in total. The second kappa shape index (κ2) is 4.08. The molecule has 4 rings (SSSR count). The number of methoxy groups -OCH3 is 1. The van der Waals surface area contributed by atoms with Crippen LogP contribution in [0.15, 0.2) is 30.3 Å². The average Bonchev–Trinajstić information content (AvgIpc) is 2.72. The van der Waals surface area contributed by atoms with Crippen molar-refractivity contribution in [2.24, 2.45) is 0 Å². The Morgan fingerprint density at radius 3 is 2.85 bits per heavy atom. The number of fused-ring (bicyclic) bond motifs is 5. The molecule has 0 amide bonds. The maximum atomic E-state index is 10.2. The molecule has 3 aromatic rings. The van der Waals surface area contributed by atoms with Gasteiger partial charge in [0.25, 0.3) is 0 Å². The summed E-state index contributed by atoms with van der Waals surface area (Å²) in [4.78, 5) is 0. The van der Waals surface area contributed by atoms with Crippen molar-refractivity contribution >= 4 is 21.8 Å². The minimum absolute atomic E-state index is 0.325. The monoisotopic (exact) mass is 267 g/mol. The van der Waals surface area contributed by atoms with Gasteiger partial charge in [0, 0.05) is 24.3 Å². The predicted octanol–water partition coefficient (Wildman–Crippen LogP) is 3.30. The molecule has 0 spiro atoms. The minimum atomic E-state index is -0.325.